The van der Waals surface area contributed by atoms with Gasteiger partial charge < -0.3 is 9.64 Å². The molecule has 144 valence electrons. The van der Waals surface area contributed by atoms with Crippen molar-refractivity contribution in [1.29, 1.82) is 0 Å². The normalized spacial score (nSPS) is 16.4. The molecule has 1 amide bonds. The summed E-state index contributed by atoms with van der Waals surface area (Å²) in [4.78, 5) is 14.9. The lowest BCUT2D eigenvalue weighted by atomic mass is 10.0. The van der Waals surface area contributed by atoms with E-state index in [1.54, 1.807) is 30.1 Å². The standard InChI is InChI=1S/C21H21FN4O2/c1-28-18-5-2-4-16(12-18)20-6-3-11-26(20)21(27)19-14-25(24-23-19)13-15-7-9-17(22)10-8-15/h2,4-5,7-10,12,14,20H,3,6,11,13H2,1H3. The number of carbonyl (C=O) groups is 1. The van der Waals surface area contributed by atoms with E-state index in [0.29, 0.717) is 18.8 Å². The van der Waals surface area contributed by atoms with Gasteiger partial charge in [0.2, 0.25) is 0 Å². The van der Waals surface area contributed by atoms with Crippen LogP contribution in [0.1, 0.15) is 40.5 Å². The number of aromatic nitrogens is 3. The third-order valence-electron chi connectivity index (χ3n) is 5.01. The van der Waals surface area contributed by atoms with Gasteiger partial charge in [-0.1, -0.05) is 29.5 Å². The predicted molar refractivity (Wildman–Crippen MR) is 102 cm³/mol. The molecule has 1 atom stereocenters. The number of halogens is 1. The molecule has 3 aromatic rings. The monoisotopic (exact) mass is 380 g/mol. The maximum atomic E-state index is 13.0. The number of amides is 1. The Balaban J connectivity index is 1.50. The number of rotatable bonds is 5. The average molecular weight is 380 g/mol. The van der Waals surface area contributed by atoms with Gasteiger partial charge in [-0.05, 0) is 48.2 Å². The summed E-state index contributed by atoms with van der Waals surface area (Å²) in [5.74, 6) is 0.369. The quantitative estimate of drug-likeness (QED) is 0.680. The van der Waals surface area contributed by atoms with Crippen LogP contribution in [0.5, 0.6) is 5.75 Å². The van der Waals surface area contributed by atoms with Crippen LogP contribution in [0.3, 0.4) is 0 Å². The molecule has 2 aromatic carbocycles. The minimum atomic E-state index is -0.282. The van der Waals surface area contributed by atoms with Crippen molar-refractivity contribution in [1.82, 2.24) is 19.9 Å². The van der Waals surface area contributed by atoms with E-state index in [9.17, 15) is 9.18 Å². The van der Waals surface area contributed by atoms with Crippen molar-refractivity contribution in [2.24, 2.45) is 0 Å². The maximum Gasteiger partial charge on any atom is 0.276 e. The van der Waals surface area contributed by atoms with Crippen LogP contribution < -0.4 is 4.74 Å². The zero-order valence-corrected chi connectivity index (χ0v) is 15.6. The second-order valence-electron chi connectivity index (χ2n) is 6.86. The van der Waals surface area contributed by atoms with E-state index in [4.69, 9.17) is 4.74 Å². The Morgan fingerprint density at radius 2 is 2.07 bits per heavy atom. The van der Waals surface area contributed by atoms with Crippen molar-refractivity contribution < 1.29 is 13.9 Å². The molecule has 1 fully saturated rings. The van der Waals surface area contributed by atoms with E-state index in [1.807, 2.05) is 29.2 Å². The summed E-state index contributed by atoms with van der Waals surface area (Å²) in [5, 5.41) is 8.12. The molecule has 0 aliphatic carbocycles. The Labute approximate surface area is 162 Å². The zero-order chi connectivity index (χ0) is 19.5. The smallest absolute Gasteiger partial charge is 0.276 e. The minimum absolute atomic E-state index is 0.00449. The first kappa shape index (κ1) is 18.2. The fraction of sp³-hybridized carbons (Fsp3) is 0.286. The summed E-state index contributed by atoms with van der Waals surface area (Å²) in [6, 6.07) is 14.0. The van der Waals surface area contributed by atoms with Crippen molar-refractivity contribution >= 4 is 5.91 Å². The van der Waals surface area contributed by atoms with Gasteiger partial charge in [0, 0.05) is 6.54 Å². The molecule has 0 N–H and O–H groups in total. The predicted octanol–water partition coefficient (Wildman–Crippen LogP) is 3.45. The van der Waals surface area contributed by atoms with Gasteiger partial charge in [0.1, 0.15) is 11.6 Å². The fourth-order valence-electron chi connectivity index (χ4n) is 3.60. The number of methoxy groups -OCH3 is 1. The maximum absolute atomic E-state index is 13.0. The number of ether oxygens (including phenoxy) is 1. The molecular weight excluding hydrogens is 359 g/mol. The van der Waals surface area contributed by atoms with Crippen LogP contribution in [0, 0.1) is 5.82 Å². The number of hydrogen-bond acceptors (Lipinski definition) is 4. The SMILES string of the molecule is COc1cccc(C2CCCN2C(=O)c2cn(Cc3ccc(F)cc3)nn2)c1. The van der Waals surface area contributed by atoms with Crippen LogP contribution in [0.4, 0.5) is 4.39 Å². The summed E-state index contributed by atoms with van der Waals surface area (Å²) in [6.07, 6.45) is 3.49. The van der Waals surface area contributed by atoms with Crippen LogP contribution in [-0.2, 0) is 6.54 Å². The molecule has 0 radical (unpaired) electrons. The third-order valence-corrected chi connectivity index (χ3v) is 5.01. The first-order valence-electron chi connectivity index (χ1n) is 9.23. The highest BCUT2D eigenvalue weighted by atomic mass is 19.1. The minimum Gasteiger partial charge on any atom is -0.497 e. The Kier molecular flexibility index (Phi) is 5.06. The summed E-state index contributed by atoms with van der Waals surface area (Å²) in [5.41, 5.74) is 2.27. The van der Waals surface area contributed by atoms with Crippen molar-refractivity contribution in [3.05, 3.63) is 77.4 Å². The van der Waals surface area contributed by atoms with Gasteiger partial charge in [-0.25, -0.2) is 9.07 Å². The van der Waals surface area contributed by atoms with Gasteiger partial charge in [-0.15, -0.1) is 5.10 Å². The number of nitrogens with zero attached hydrogens (tertiary/aromatic N) is 4. The Hall–Kier alpha value is -3.22. The second-order valence-corrected chi connectivity index (χ2v) is 6.86. The molecule has 1 saturated heterocycles. The molecule has 0 spiro atoms. The van der Waals surface area contributed by atoms with Gasteiger partial charge in [-0.3, -0.25) is 4.79 Å². The molecule has 28 heavy (non-hydrogen) atoms. The van der Waals surface area contributed by atoms with Crippen LogP contribution in [-0.4, -0.2) is 39.5 Å². The summed E-state index contributed by atoms with van der Waals surface area (Å²) in [7, 11) is 1.64. The van der Waals surface area contributed by atoms with Crippen molar-refractivity contribution in [2.75, 3.05) is 13.7 Å². The highest BCUT2D eigenvalue weighted by molar-refractivity contribution is 5.92. The van der Waals surface area contributed by atoms with Gasteiger partial charge in [-0.2, -0.15) is 0 Å². The zero-order valence-electron chi connectivity index (χ0n) is 15.6. The summed E-state index contributed by atoms with van der Waals surface area (Å²) in [6.45, 7) is 1.12. The molecule has 0 bridgehead atoms. The lowest BCUT2D eigenvalue weighted by Gasteiger charge is -2.24. The number of benzene rings is 2. The van der Waals surface area contributed by atoms with Gasteiger partial charge in [0.15, 0.2) is 5.69 Å². The Morgan fingerprint density at radius 1 is 1.25 bits per heavy atom. The highest BCUT2D eigenvalue weighted by Crippen LogP contribution is 2.34. The molecular formula is C21H21FN4O2. The van der Waals surface area contributed by atoms with E-state index in [0.717, 1.165) is 29.7 Å². The number of carbonyl (C=O) groups excluding carboxylic acids is 1. The molecule has 7 heteroatoms. The summed E-state index contributed by atoms with van der Waals surface area (Å²) >= 11 is 0. The molecule has 2 heterocycles. The third kappa shape index (κ3) is 3.74. The molecule has 1 aromatic heterocycles. The van der Waals surface area contributed by atoms with Crippen molar-refractivity contribution in [2.45, 2.75) is 25.4 Å². The largest absolute Gasteiger partial charge is 0.497 e. The molecule has 1 aliphatic rings. The summed E-state index contributed by atoms with van der Waals surface area (Å²) < 4.78 is 19.9. The van der Waals surface area contributed by atoms with E-state index in [2.05, 4.69) is 10.3 Å². The number of likely N-dealkylation sites (tertiary alicyclic amines) is 1. The fourth-order valence-corrected chi connectivity index (χ4v) is 3.60. The molecule has 1 aliphatic heterocycles. The van der Waals surface area contributed by atoms with Crippen molar-refractivity contribution in [3.8, 4) is 5.75 Å². The van der Waals surface area contributed by atoms with Crippen molar-refractivity contribution in [3.63, 3.8) is 0 Å². The average Bonchev–Trinajstić information content (AvgIpc) is 3.39. The van der Waals surface area contributed by atoms with E-state index in [-0.39, 0.29) is 17.8 Å². The van der Waals surface area contributed by atoms with Gasteiger partial charge in [0.25, 0.3) is 5.91 Å². The van der Waals surface area contributed by atoms with Crippen LogP contribution in [0.2, 0.25) is 0 Å². The lowest BCUT2D eigenvalue weighted by Crippen LogP contribution is -2.30. The highest BCUT2D eigenvalue weighted by Gasteiger charge is 2.32. The van der Waals surface area contributed by atoms with Gasteiger partial charge in [0.05, 0.1) is 25.9 Å². The Morgan fingerprint density at radius 3 is 2.86 bits per heavy atom. The van der Waals surface area contributed by atoms with Crippen LogP contribution in [0.15, 0.2) is 54.7 Å². The molecule has 0 saturated carbocycles. The number of hydrogen-bond donors (Lipinski definition) is 0. The van der Waals surface area contributed by atoms with Crippen LogP contribution in [0.25, 0.3) is 0 Å². The molecule has 6 nitrogen and oxygen atoms in total. The van der Waals surface area contributed by atoms with E-state index >= 15 is 0 Å². The lowest BCUT2D eigenvalue weighted by molar-refractivity contribution is 0.0729. The Bertz CT molecular complexity index is 971. The molecule has 1 unspecified atom stereocenters. The van der Waals surface area contributed by atoms with E-state index < -0.39 is 0 Å². The van der Waals surface area contributed by atoms with E-state index in [1.165, 1.54) is 12.1 Å². The topological polar surface area (TPSA) is 60.2 Å². The van der Waals surface area contributed by atoms with Gasteiger partial charge >= 0.3 is 0 Å². The first-order chi connectivity index (χ1) is 13.6. The first-order valence-corrected chi connectivity index (χ1v) is 9.23. The van der Waals surface area contributed by atoms with Crippen LogP contribution >= 0.6 is 0 Å². The molecule has 4 rings (SSSR count). The second kappa shape index (κ2) is 7.80.